The van der Waals surface area contributed by atoms with E-state index in [0.717, 1.165) is 8.58 Å². The molecule has 0 fully saturated rings. The Morgan fingerprint density at radius 1 is 1.60 bits per heavy atom. The van der Waals surface area contributed by atoms with Crippen LogP contribution in [0.3, 0.4) is 0 Å². The van der Waals surface area contributed by atoms with Gasteiger partial charge in [-0.15, -0.1) is 0 Å². The average Bonchev–Trinajstić information content (AvgIpc) is 2.03. The van der Waals surface area contributed by atoms with Gasteiger partial charge in [0.1, 0.15) is 0 Å². The molecule has 56 valence electrons. The second-order valence-corrected chi connectivity index (χ2v) is 3.88. The Kier molecular flexibility index (Phi) is 3.75. The van der Waals surface area contributed by atoms with Crippen molar-refractivity contribution in [3.8, 4) is 0 Å². The highest BCUT2D eigenvalue weighted by molar-refractivity contribution is 7.46. The number of allylic oxidation sites excluding steroid dienone is 3. The summed E-state index contributed by atoms with van der Waals surface area (Å²) in [6.07, 6.45) is 9.84. The second-order valence-electron chi connectivity index (χ2n) is 2.62. The SMILES string of the molecule is CCCCC1=CCC=CP1. The molecule has 1 heterocycles. The van der Waals surface area contributed by atoms with E-state index in [-0.39, 0.29) is 0 Å². The minimum atomic E-state index is 0.983. The second kappa shape index (κ2) is 4.68. The minimum Gasteiger partial charge on any atom is -0.0802 e. The summed E-state index contributed by atoms with van der Waals surface area (Å²) in [6.45, 7) is 2.25. The Morgan fingerprint density at radius 3 is 3.10 bits per heavy atom. The van der Waals surface area contributed by atoms with Crippen LogP contribution in [-0.2, 0) is 0 Å². The van der Waals surface area contributed by atoms with Gasteiger partial charge >= 0.3 is 0 Å². The van der Waals surface area contributed by atoms with Gasteiger partial charge in [0.25, 0.3) is 0 Å². The van der Waals surface area contributed by atoms with Crippen molar-refractivity contribution in [1.82, 2.24) is 0 Å². The summed E-state index contributed by atoms with van der Waals surface area (Å²) in [4.78, 5) is 0. The van der Waals surface area contributed by atoms with Gasteiger partial charge in [-0.3, -0.25) is 0 Å². The third-order valence-corrected chi connectivity index (χ3v) is 2.91. The fourth-order valence-electron chi connectivity index (χ4n) is 1.04. The Labute approximate surface area is 65.2 Å². The Bertz CT molecular complexity index is 145. The van der Waals surface area contributed by atoms with Crippen molar-refractivity contribution in [2.45, 2.75) is 32.6 Å². The lowest BCUT2D eigenvalue weighted by Gasteiger charge is -2.06. The molecule has 1 rings (SSSR count). The van der Waals surface area contributed by atoms with E-state index in [2.05, 4.69) is 24.9 Å². The van der Waals surface area contributed by atoms with Crippen molar-refractivity contribution in [2.24, 2.45) is 0 Å². The molecule has 0 aromatic heterocycles. The molecule has 0 saturated carbocycles. The molecule has 0 aromatic rings. The standard InChI is InChI=1S/C9H15P/c1-2-3-6-9-7-4-5-8-10-9/h5,7-8,10H,2-4,6H2,1H3. The Balaban J connectivity index is 2.21. The molecule has 10 heavy (non-hydrogen) atoms. The van der Waals surface area contributed by atoms with E-state index < -0.39 is 0 Å². The third-order valence-electron chi connectivity index (χ3n) is 1.69. The van der Waals surface area contributed by atoms with Gasteiger partial charge in [-0.25, -0.2) is 0 Å². The first-order valence-corrected chi connectivity index (χ1v) is 5.12. The van der Waals surface area contributed by atoms with E-state index in [1.54, 1.807) is 5.31 Å². The van der Waals surface area contributed by atoms with Crippen LogP contribution in [0.1, 0.15) is 32.6 Å². The van der Waals surface area contributed by atoms with Crippen molar-refractivity contribution >= 4 is 8.58 Å². The van der Waals surface area contributed by atoms with Gasteiger partial charge in [-0.1, -0.05) is 39.9 Å². The van der Waals surface area contributed by atoms with E-state index in [4.69, 9.17) is 0 Å². The zero-order chi connectivity index (χ0) is 7.23. The van der Waals surface area contributed by atoms with Crippen molar-refractivity contribution in [1.29, 1.82) is 0 Å². The summed E-state index contributed by atoms with van der Waals surface area (Å²) in [5.41, 5.74) is 0. The maximum atomic E-state index is 2.38. The molecule has 0 N–H and O–H groups in total. The van der Waals surface area contributed by atoms with Gasteiger partial charge in [-0.05, 0) is 24.6 Å². The minimum absolute atomic E-state index is 0.983. The lowest BCUT2D eigenvalue weighted by atomic mass is 10.2. The van der Waals surface area contributed by atoms with Crippen molar-refractivity contribution in [3.63, 3.8) is 0 Å². The monoisotopic (exact) mass is 154 g/mol. The van der Waals surface area contributed by atoms with Crippen LogP contribution in [0.25, 0.3) is 0 Å². The van der Waals surface area contributed by atoms with Gasteiger partial charge in [0.15, 0.2) is 0 Å². The molecule has 1 heteroatoms. The highest BCUT2D eigenvalue weighted by Crippen LogP contribution is 2.32. The van der Waals surface area contributed by atoms with Gasteiger partial charge in [-0.2, -0.15) is 0 Å². The van der Waals surface area contributed by atoms with Crippen LogP contribution in [0.4, 0.5) is 0 Å². The van der Waals surface area contributed by atoms with E-state index in [9.17, 15) is 0 Å². The highest BCUT2D eigenvalue weighted by Gasteiger charge is 1.96. The number of unbranched alkanes of at least 4 members (excludes halogenated alkanes) is 1. The summed E-state index contributed by atoms with van der Waals surface area (Å²) in [5.74, 6) is 2.31. The smallest absolute Gasteiger partial charge is 0.0159 e. The first-order chi connectivity index (χ1) is 4.93. The fraction of sp³-hybridized carbons (Fsp3) is 0.556. The summed E-state index contributed by atoms with van der Waals surface area (Å²) in [7, 11) is 0.983. The normalized spacial score (nSPS) is 19.5. The molecule has 0 nitrogen and oxygen atoms in total. The Morgan fingerprint density at radius 2 is 2.50 bits per heavy atom. The van der Waals surface area contributed by atoms with E-state index in [0.29, 0.717) is 0 Å². The molecule has 0 radical (unpaired) electrons. The summed E-state index contributed by atoms with van der Waals surface area (Å²) >= 11 is 0. The quantitative estimate of drug-likeness (QED) is 0.544. The van der Waals surface area contributed by atoms with E-state index >= 15 is 0 Å². The molecule has 1 atom stereocenters. The molecule has 1 aliphatic rings. The van der Waals surface area contributed by atoms with Crippen molar-refractivity contribution < 1.29 is 0 Å². The lowest BCUT2D eigenvalue weighted by molar-refractivity contribution is 0.806. The molecule has 0 aromatic carbocycles. The molecule has 0 amide bonds. The molecule has 0 spiro atoms. The highest BCUT2D eigenvalue weighted by atomic mass is 31.1. The average molecular weight is 154 g/mol. The van der Waals surface area contributed by atoms with Crippen LogP contribution >= 0.6 is 8.58 Å². The largest absolute Gasteiger partial charge is 0.0802 e. The molecule has 1 aliphatic heterocycles. The number of hydrogen-bond donors (Lipinski definition) is 0. The van der Waals surface area contributed by atoms with Gasteiger partial charge in [0.05, 0.1) is 0 Å². The molecule has 0 bridgehead atoms. The summed E-state index contributed by atoms with van der Waals surface area (Å²) in [6, 6.07) is 0. The summed E-state index contributed by atoms with van der Waals surface area (Å²) < 4.78 is 0. The lowest BCUT2D eigenvalue weighted by Crippen LogP contribution is -1.78. The van der Waals surface area contributed by atoms with Gasteiger partial charge in [0, 0.05) is 0 Å². The predicted octanol–water partition coefficient (Wildman–Crippen LogP) is 3.66. The molecule has 1 unspecified atom stereocenters. The molecular weight excluding hydrogens is 139 g/mol. The maximum absolute atomic E-state index is 2.38. The van der Waals surface area contributed by atoms with Crippen LogP contribution in [0.15, 0.2) is 23.3 Å². The molecule has 0 saturated heterocycles. The predicted molar refractivity (Wildman–Crippen MR) is 49.7 cm³/mol. The summed E-state index contributed by atoms with van der Waals surface area (Å²) in [5, 5.41) is 1.67. The van der Waals surface area contributed by atoms with Gasteiger partial charge in [0.2, 0.25) is 0 Å². The van der Waals surface area contributed by atoms with Crippen LogP contribution in [0.2, 0.25) is 0 Å². The first-order valence-electron chi connectivity index (χ1n) is 4.04. The van der Waals surface area contributed by atoms with Crippen LogP contribution in [-0.4, -0.2) is 0 Å². The van der Waals surface area contributed by atoms with Crippen LogP contribution in [0, 0.1) is 0 Å². The zero-order valence-corrected chi connectivity index (χ0v) is 7.56. The third kappa shape index (κ3) is 2.66. The van der Waals surface area contributed by atoms with E-state index in [1.165, 1.54) is 25.7 Å². The van der Waals surface area contributed by atoms with E-state index in [1.807, 2.05) is 0 Å². The van der Waals surface area contributed by atoms with Crippen molar-refractivity contribution in [2.75, 3.05) is 0 Å². The maximum Gasteiger partial charge on any atom is -0.0159 e. The molecule has 0 aliphatic carbocycles. The number of hydrogen-bond acceptors (Lipinski definition) is 0. The van der Waals surface area contributed by atoms with Crippen LogP contribution < -0.4 is 0 Å². The fourth-order valence-corrected chi connectivity index (χ4v) is 2.07. The first kappa shape index (κ1) is 8.01. The van der Waals surface area contributed by atoms with Crippen molar-refractivity contribution in [3.05, 3.63) is 23.3 Å². The van der Waals surface area contributed by atoms with Gasteiger partial charge < -0.3 is 0 Å². The number of rotatable bonds is 3. The Hall–Kier alpha value is -0.0900. The topological polar surface area (TPSA) is 0 Å². The zero-order valence-electron chi connectivity index (χ0n) is 6.56. The molecular formula is C9H15P. The van der Waals surface area contributed by atoms with Crippen LogP contribution in [0.5, 0.6) is 0 Å².